The summed E-state index contributed by atoms with van der Waals surface area (Å²) in [5, 5.41) is 4.71. The van der Waals surface area contributed by atoms with E-state index in [1.165, 1.54) is 5.56 Å². The summed E-state index contributed by atoms with van der Waals surface area (Å²) in [5.41, 5.74) is 2.25. The lowest BCUT2D eigenvalue weighted by Gasteiger charge is -2.21. The van der Waals surface area contributed by atoms with Gasteiger partial charge >= 0.3 is 0 Å². The molecule has 0 amide bonds. The van der Waals surface area contributed by atoms with Gasteiger partial charge in [0.1, 0.15) is 5.75 Å². The Balaban J connectivity index is 2.32. The van der Waals surface area contributed by atoms with Gasteiger partial charge in [0.2, 0.25) is 0 Å². The Hall–Kier alpha value is -1.22. The first-order chi connectivity index (χ1) is 10.2. The SMILES string of the molecule is CCNC(Cc1ccccc1)c1cc(Cl)c(OC)cc1Cl. The third-order valence-corrected chi connectivity index (χ3v) is 4.00. The number of methoxy groups -OCH3 is 1. The summed E-state index contributed by atoms with van der Waals surface area (Å²) in [5.74, 6) is 0.598. The largest absolute Gasteiger partial charge is 0.495 e. The van der Waals surface area contributed by atoms with Gasteiger partial charge in [-0.1, -0.05) is 60.5 Å². The minimum Gasteiger partial charge on any atom is -0.495 e. The average Bonchev–Trinajstić information content (AvgIpc) is 2.50. The van der Waals surface area contributed by atoms with Crippen molar-refractivity contribution in [3.63, 3.8) is 0 Å². The van der Waals surface area contributed by atoms with E-state index >= 15 is 0 Å². The maximum Gasteiger partial charge on any atom is 0.138 e. The number of hydrogen-bond acceptors (Lipinski definition) is 2. The molecule has 1 unspecified atom stereocenters. The van der Waals surface area contributed by atoms with Crippen molar-refractivity contribution < 1.29 is 4.74 Å². The van der Waals surface area contributed by atoms with Crippen molar-refractivity contribution >= 4 is 23.2 Å². The molecule has 0 fully saturated rings. The lowest BCUT2D eigenvalue weighted by molar-refractivity contribution is 0.414. The number of likely N-dealkylation sites (N-methyl/N-ethyl adjacent to an activating group) is 1. The predicted molar refractivity (Wildman–Crippen MR) is 89.6 cm³/mol. The number of rotatable bonds is 6. The zero-order valence-electron chi connectivity index (χ0n) is 12.2. The van der Waals surface area contributed by atoms with Crippen molar-refractivity contribution in [2.75, 3.05) is 13.7 Å². The van der Waals surface area contributed by atoms with Crippen LogP contribution in [-0.2, 0) is 6.42 Å². The molecule has 0 bridgehead atoms. The summed E-state index contributed by atoms with van der Waals surface area (Å²) in [4.78, 5) is 0. The van der Waals surface area contributed by atoms with Crippen LogP contribution in [0.15, 0.2) is 42.5 Å². The van der Waals surface area contributed by atoms with Gasteiger partial charge in [0.15, 0.2) is 0 Å². The molecule has 0 saturated heterocycles. The Labute approximate surface area is 136 Å². The first-order valence-electron chi connectivity index (χ1n) is 6.96. The molecule has 0 aromatic heterocycles. The molecule has 0 aliphatic heterocycles. The van der Waals surface area contributed by atoms with Crippen molar-refractivity contribution in [1.82, 2.24) is 5.32 Å². The minimum atomic E-state index is 0.119. The Morgan fingerprint density at radius 3 is 2.43 bits per heavy atom. The molecule has 2 rings (SSSR count). The Kier molecular flexibility index (Phi) is 5.92. The lowest BCUT2D eigenvalue weighted by Crippen LogP contribution is -2.23. The first-order valence-corrected chi connectivity index (χ1v) is 7.71. The molecule has 2 aromatic carbocycles. The molecule has 0 heterocycles. The number of ether oxygens (including phenoxy) is 1. The second kappa shape index (κ2) is 7.69. The van der Waals surface area contributed by atoms with Gasteiger partial charge in [0.25, 0.3) is 0 Å². The highest BCUT2D eigenvalue weighted by molar-refractivity contribution is 6.34. The van der Waals surface area contributed by atoms with Crippen molar-refractivity contribution in [2.45, 2.75) is 19.4 Å². The molecule has 2 aromatic rings. The lowest BCUT2D eigenvalue weighted by atomic mass is 9.98. The van der Waals surface area contributed by atoms with E-state index in [4.69, 9.17) is 27.9 Å². The van der Waals surface area contributed by atoms with E-state index in [-0.39, 0.29) is 6.04 Å². The highest BCUT2D eigenvalue weighted by Gasteiger charge is 2.17. The Morgan fingerprint density at radius 1 is 1.10 bits per heavy atom. The molecular weight excluding hydrogens is 305 g/mol. The predicted octanol–water partition coefficient (Wildman–Crippen LogP) is 4.90. The van der Waals surface area contributed by atoms with Gasteiger partial charge in [-0.2, -0.15) is 0 Å². The van der Waals surface area contributed by atoms with Crippen LogP contribution in [-0.4, -0.2) is 13.7 Å². The summed E-state index contributed by atoms with van der Waals surface area (Å²) < 4.78 is 5.20. The van der Waals surface area contributed by atoms with Crippen molar-refractivity contribution in [3.05, 3.63) is 63.6 Å². The van der Waals surface area contributed by atoms with Gasteiger partial charge in [0.05, 0.1) is 12.1 Å². The van der Waals surface area contributed by atoms with Crippen LogP contribution in [0, 0.1) is 0 Å². The van der Waals surface area contributed by atoms with Crippen LogP contribution in [0.2, 0.25) is 10.0 Å². The molecule has 21 heavy (non-hydrogen) atoms. The maximum atomic E-state index is 6.40. The third kappa shape index (κ3) is 4.13. The van der Waals surface area contributed by atoms with E-state index in [0.717, 1.165) is 18.5 Å². The minimum absolute atomic E-state index is 0.119. The quantitative estimate of drug-likeness (QED) is 0.816. The zero-order chi connectivity index (χ0) is 15.2. The molecule has 0 aliphatic rings. The number of hydrogen-bond donors (Lipinski definition) is 1. The topological polar surface area (TPSA) is 21.3 Å². The van der Waals surface area contributed by atoms with E-state index in [2.05, 4.69) is 24.4 Å². The summed E-state index contributed by atoms with van der Waals surface area (Å²) in [6.07, 6.45) is 0.858. The number of halogens is 2. The van der Waals surface area contributed by atoms with Gasteiger partial charge in [-0.15, -0.1) is 0 Å². The summed E-state index contributed by atoms with van der Waals surface area (Å²) in [6.45, 7) is 2.94. The maximum absolute atomic E-state index is 6.40. The van der Waals surface area contributed by atoms with E-state index in [9.17, 15) is 0 Å². The molecule has 1 atom stereocenters. The Morgan fingerprint density at radius 2 is 1.81 bits per heavy atom. The smallest absolute Gasteiger partial charge is 0.138 e. The number of benzene rings is 2. The second-order valence-corrected chi connectivity index (χ2v) is 5.62. The Bertz CT molecular complexity index is 587. The fraction of sp³-hybridized carbons (Fsp3) is 0.294. The average molecular weight is 324 g/mol. The van der Waals surface area contributed by atoms with Crippen LogP contribution < -0.4 is 10.1 Å². The van der Waals surface area contributed by atoms with E-state index in [1.807, 2.05) is 24.3 Å². The van der Waals surface area contributed by atoms with Crippen molar-refractivity contribution in [2.24, 2.45) is 0 Å². The highest BCUT2D eigenvalue weighted by Crippen LogP contribution is 2.35. The number of nitrogens with one attached hydrogen (secondary N) is 1. The standard InChI is InChI=1S/C17H19Cl2NO/c1-3-20-16(9-12-7-5-4-6-8-12)13-10-15(19)17(21-2)11-14(13)18/h4-8,10-11,16,20H,3,9H2,1-2H3. The van der Waals surface area contributed by atoms with Crippen LogP contribution in [0.5, 0.6) is 5.75 Å². The molecule has 2 nitrogen and oxygen atoms in total. The van der Waals surface area contributed by atoms with E-state index < -0.39 is 0 Å². The van der Waals surface area contributed by atoms with Gasteiger partial charge in [-0.05, 0) is 30.2 Å². The third-order valence-electron chi connectivity index (χ3n) is 3.38. The van der Waals surface area contributed by atoms with Gasteiger partial charge < -0.3 is 10.1 Å². The molecule has 0 saturated carbocycles. The second-order valence-electron chi connectivity index (χ2n) is 4.81. The molecule has 1 N–H and O–H groups in total. The monoisotopic (exact) mass is 323 g/mol. The van der Waals surface area contributed by atoms with Crippen LogP contribution in [0.4, 0.5) is 0 Å². The van der Waals surface area contributed by atoms with Crippen molar-refractivity contribution in [1.29, 1.82) is 0 Å². The fourth-order valence-electron chi connectivity index (χ4n) is 2.36. The summed E-state index contributed by atoms with van der Waals surface area (Å²) in [7, 11) is 1.59. The fourth-order valence-corrected chi connectivity index (χ4v) is 2.89. The first kappa shape index (κ1) is 16.2. The molecule has 0 spiro atoms. The van der Waals surface area contributed by atoms with Gasteiger partial charge in [-0.25, -0.2) is 0 Å². The van der Waals surface area contributed by atoms with Gasteiger partial charge in [-0.3, -0.25) is 0 Å². The molecule has 112 valence electrons. The summed E-state index contributed by atoms with van der Waals surface area (Å²) in [6, 6.07) is 14.1. The molecular formula is C17H19Cl2NO. The summed E-state index contributed by atoms with van der Waals surface area (Å²) >= 11 is 12.6. The van der Waals surface area contributed by atoms with Crippen LogP contribution >= 0.6 is 23.2 Å². The van der Waals surface area contributed by atoms with E-state index in [1.54, 1.807) is 13.2 Å². The molecule has 0 aliphatic carbocycles. The van der Waals surface area contributed by atoms with E-state index in [0.29, 0.717) is 15.8 Å². The van der Waals surface area contributed by atoms with Crippen LogP contribution in [0.3, 0.4) is 0 Å². The molecule has 0 radical (unpaired) electrons. The van der Waals surface area contributed by atoms with Crippen molar-refractivity contribution in [3.8, 4) is 5.75 Å². The normalized spacial score (nSPS) is 12.2. The van der Waals surface area contributed by atoms with Crippen LogP contribution in [0.1, 0.15) is 24.1 Å². The molecule has 4 heteroatoms. The zero-order valence-corrected chi connectivity index (χ0v) is 13.7. The van der Waals surface area contributed by atoms with Gasteiger partial charge in [0, 0.05) is 17.1 Å². The highest BCUT2D eigenvalue weighted by atomic mass is 35.5. The van der Waals surface area contributed by atoms with Crippen LogP contribution in [0.25, 0.3) is 0 Å².